The highest BCUT2D eigenvalue weighted by Crippen LogP contribution is 2.34. The number of sulfonamides is 1. The molecule has 11 heteroatoms. The summed E-state index contributed by atoms with van der Waals surface area (Å²) >= 11 is 6.37. The van der Waals surface area contributed by atoms with Gasteiger partial charge in [-0.15, -0.1) is 0 Å². The Hall–Kier alpha value is -2.95. The van der Waals surface area contributed by atoms with Crippen LogP contribution in [0.2, 0.25) is 5.02 Å². The predicted molar refractivity (Wildman–Crippen MR) is 185 cm³/mol. The molecule has 2 aromatic rings. The number of carbonyl (C=O) groups is 1. The van der Waals surface area contributed by atoms with Crippen LogP contribution < -0.4 is 14.8 Å². The molecular weight excluding hydrogens is 628 g/mol. The van der Waals surface area contributed by atoms with Crippen molar-refractivity contribution in [2.75, 3.05) is 18.5 Å². The van der Waals surface area contributed by atoms with Gasteiger partial charge in [0, 0.05) is 12.1 Å². The lowest BCUT2D eigenvalue weighted by molar-refractivity contribution is -0.131. The van der Waals surface area contributed by atoms with Crippen LogP contribution in [-0.2, 0) is 25.0 Å². The van der Waals surface area contributed by atoms with Crippen LogP contribution in [-0.4, -0.2) is 43.9 Å². The van der Waals surface area contributed by atoms with E-state index in [-0.39, 0.29) is 40.1 Å². The molecule has 0 heterocycles. The van der Waals surface area contributed by atoms with Crippen molar-refractivity contribution < 1.29 is 32.9 Å². The Morgan fingerprint density at radius 2 is 1.59 bits per heavy atom. The van der Waals surface area contributed by atoms with Gasteiger partial charge in [0.25, 0.3) is 0 Å². The Balaban J connectivity index is 2.10. The maximum absolute atomic E-state index is 13.3. The molecule has 2 rings (SSSR count). The number of aromatic hydroxyl groups is 1. The van der Waals surface area contributed by atoms with E-state index in [1.165, 1.54) is 63.1 Å². The van der Waals surface area contributed by atoms with Gasteiger partial charge in [-0.2, -0.15) is 0 Å². The number of nitrogens with one attached hydrogen (secondary N) is 2. The average molecular weight is 681 g/mol. The van der Waals surface area contributed by atoms with Crippen molar-refractivity contribution in [2.45, 2.75) is 122 Å². The van der Waals surface area contributed by atoms with E-state index < -0.39 is 22.1 Å². The normalized spacial score (nSPS) is 13.0. The van der Waals surface area contributed by atoms with Crippen molar-refractivity contribution in [3.8, 4) is 11.5 Å². The van der Waals surface area contributed by atoms with Crippen molar-refractivity contribution in [1.29, 1.82) is 0 Å². The summed E-state index contributed by atoms with van der Waals surface area (Å²) in [7, 11) is -3.96. The lowest BCUT2D eigenvalue weighted by atomic mass is 9.86. The van der Waals surface area contributed by atoms with E-state index in [0.29, 0.717) is 17.9 Å². The van der Waals surface area contributed by atoms with E-state index in [1.54, 1.807) is 19.1 Å². The largest absolute Gasteiger partial charge is 0.508 e. The van der Waals surface area contributed by atoms with Gasteiger partial charge >= 0.3 is 5.97 Å². The number of hydrogen-bond acceptors (Lipinski definition) is 7. The Morgan fingerprint density at radius 1 is 0.957 bits per heavy atom. The number of ether oxygens (including phenoxy) is 2. The zero-order valence-electron chi connectivity index (χ0n) is 28.0. The Labute approximate surface area is 280 Å². The number of hydrogen-bond donors (Lipinski definition) is 4. The minimum absolute atomic E-state index is 0.0264. The first-order valence-electron chi connectivity index (χ1n) is 16.4. The molecule has 0 aromatic heterocycles. The van der Waals surface area contributed by atoms with Crippen LogP contribution >= 0.6 is 11.6 Å². The fourth-order valence-corrected chi connectivity index (χ4v) is 6.39. The van der Waals surface area contributed by atoms with Crippen molar-refractivity contribution in [2.24, 2.45) is 0 Å². The van der Waals surface area contributed by atoms with E-state index in [4.69, 9.17) is 26.2 Å². The second-order valence-corrected chi connectivity index (χ2v) is 14.7. The molecule has 4 N–H and O–H groups in total. The van der Waals surface area contributed by atoms with Crippen molar-refractivity contribution in [3.05, 3.63) is 58.9 Å². The first-order valence-corrected chi connectivity index (χ1v) is 18.3. The van der Waals surface area contributed by atoms with Crippen molar-refractivity contribution >= 4 is 33.3 Å². The molecule has 0 aliphatic heterocycles. The lowest BCUT2D eigenvalue weighted by Crippen LogP contribution is -2.35. The smallest absolute Gasteiger partial charge is 0.333 e. The third kappa shape index (κ3) is 14.2. The molecule has 0 radical (unpaired) electrons. The molecule has 9 nitrogen and oxygen atoms in total. The van der Waals surface area contributed by atoms with Crippen LogP contribution in [0.5, 0.6) is 11.5 Å². The average Bonchev–Trinajstić information content (AvgIpc) is 2.97. The summed E-state index contributed by atoms with van der Waals surface area (Å²) in [5.74, 6) is -0.473. The van der Waals surface area contributed by atoms with E-state index in [0.717, 1.165) is 30.9 Å². The maximum atomic E-state index is 13.3. The van der Waals surface area contributed by atoms with Gasteiger partial charge in [0.15, 0.2) is 5.88 Å². The van der Waals surface area contributed by atoms with Crippen LogP contribution in [0.15, 0.2) is 53.3 Å². The highest BCUT2D eigenvalue weighted by molar-refractivity contribution is 7.89. The summed E-state index contributed by atoms with van der Waals surface area (Å²) in [6.07, 6.45) is 13.0. The van der Waals surface area contributed by atoms with Gasteiger partial charge in [0.2, 0.25) is 10.0 Å². The summed E-state index contributed by atoms with van der Waals surface area (Å²) in [5, 5.41) is 22.3. The summed E-state index contributed by atoms with van der Waals surface area (Å²) in [4.78, 5) is 11.0. The van der Waals surface area contributed by atoms with E-state index >= 15 is 0 Å². The molecule has 0 saturated heterocycles. The summed E-state index contributed by atoms with van der Waals surface area (Å²) < 4.78 is 40.9. The van der Waals surface area contributed by atoms with Gasteiger partial charge < -0.3 is 25.0 Å². The van der Waals surface area contributed by atoms with Crippen molar-refractivity contribution in [1.82, 2.24) is 4.72 Å². The van der Waals surface area contributed by atoms with Gasteiger partial charge in [-0.1, -0.05) is 97.1 Å². The highest BCUT2D eigenvalue weighted by atomic mass is 35.5. The number of aliphatic carboxylic acids is 1. The number of rotatable bonds is 22. The molecule has 0 spiro atoms. The molecule has 1 atom stereocenters. The third-order valence-corrected chi connectivity index (χ3v) is 9.26. The number of carboxylic acid groups (broad SMARTS) is 1. The standard InChI is InChI=1S/C35H53ClN2O7S/c1-6-8-9-10-11-12-13-14-15-16-17-27(45-26-18-21-32(39)29(22-26)35(3,4)5)25-37-46(42,43)28-19-20-31(30(36)23-28)38-33(44-7-2)24-34(40)41/h18-24,27,37-39H,6-17,25H2,1-5H3,(H,40,41)/b33-24-. The number of carboxylic acids is 1. The van der Waals surface area contributed by atoms with Crippen molar-refractivity contribution in [3.63, 3.8) is 0 Å². The zero-order chi connectivity index (χ0) is 34.2. The molecule has 0 amide bonds. The van der Waals surface area contributed by atoms with Gasteiger partial charge in [-0.25, -0.2) is 17.9 Å². The van der Waals surface area contributed by atoms with Gasteiger partial charge in [-0.05, 0) is 61.6 Å². The lowest BCUT2D eigenvalue weighted by Gasteiger charge is -2.24. The molecule has 0 aliphatic carbocycles. The van der Waals surface area contributed by atoms with E-state index in [2.05, 4.69) is 17.0 Å². The molecule has 0 fully saturated rings. The molecule has 1 unspecified atom stereocenters. The molecular formula is C35H53ClN2O7S. The van der Waals surface area contributed by atoms with Crippen LogP contribution in [0.3, 0.4) is 0 Å². The Kier molecular flexibility index (Phi) is 16.8. The topological polar surface area (TPSA) is 134 Å². The summed E-state index contributed by atoms with van der Waals surface area (Å²) in [6, 6.07) is 9.26. The SMILES string of the molecule is CCCCCCCCCCCCC(CNS(=O)(=O)c1ccc(N/C(=C/C(=O)O)OCC)c(Cl)c1)Oc1ccc(O)c(C(C)(C)C)c1. The van der Waals surface area contributed by atoms with Crippen LogP contribution in [0.1, 0.15) is 111 Å². The molecule has 0 aliphatic rings. The van der Waals surface area contributed by atoms with Crippen LogP contribution in [0, 0.1) is 0 Å². The minimum Gasteiger partial charge on any atom is -0.508 e. The van der Waals surface area contributed by atoms with Crippen LogP contribution in [0.4, 0.5) is 5.69 Å². The molecule has 46 heavy (non-hydrogen) atoms. The zero-order valence-corrected chi connectivity index (χ0v) is 29.6. The molecule has 258 valence electrons. The van der Waals surface area contributed by atoms with Gasteiger partial charge in [0.05, 0.1) is 28.3 Å². The number of phenols is 1. The third-order valence-electron chi connectivity index (χ3n) is 7.52. The summed E-state index contributed by atoms with van der Waals surface area (Å²) in [6.45, 7) is 10.2. The molecule has 0 saturated carbocycles. The fraction of sp³-hybridized carbons (Fsp3) is 0.571. The number of anilines is 1. The fourth-order valence-electron chi connectivity index (χ4n) is 5.01. The van der Waals surface area contributed by atoms with Gasteiger partial charge in [0.1, 0.15) is 17.6 Å². The Bertz CT molecular complexity index is 1370. The minimum atomic E-state index is -3.96. The Morgan fingerprint density at radius 3 is 2.15 bits per heavy atom. The number of unbranched alkanes of at least 4 members (excludes halogenated alkanes) is 9. The molecule has 2 aromatic carbocycles. The number of benzene rings is 2. The second-order valence-electron chi connectivity index (χ2n) is 12.5. The maximum Gasteiger partial charge on any atom is 0.333 e. The van der Waals surface area contributed by atoms with E-state index in [9.17, 15) is 18.3 Å². The van der Waals surface area contributed by atoms with E-state index in [1.807, 2.05) is 26.8 Å². The first-order chi connectivity index (χ1) is 21.8. The number of phenolic OH excluding ortho intramolecular Hbond substituents is 1. The second kappa shape index (κ2) is 19.7. The van der Waals surface area contributed by atoms with Crippen LogP contribution in [0.25, 0.3) is 0 Å². The molecule has 0 bridgehead atoms. The monoisotopic (exact) mass is 680 g/mol. The first kappa shape index (κ1) is 39.2. The highest BCUT2D eigenvalue weighted by Gasteiger charge is 2.22. The number of halogens is 1. The summed E-state index contributed by atoms with van der Waals surface area (Å²) in [5.41, 5.74) is 0.743. The predicted octanol–water partition coefficient (Wildman–Crippen LogP) is 8.75. The quantitative estimate of drug-likeness (QED) is 0.0551. The van der Waals surface area contributed by atoms with Gasteiger partial charge in [-0.3, -0.25) is 0 Å².